The highest BCUT2D eigenvalue weighted by molar-refractivity contribution is 5.01. The van der Waals surface area contributed by atoms with Crippen molar-refractivity contribution < 1.29 is 9.84 Å². The number of nitrogens with zero attached hydrogens (tertiary/aromatic N) is 2. The molecule has 104 valence electrons. The first kappa shape index (κ1) is 15.2. The van der Waals surface area contributed by atoms with E-state index in [9.17, 15) is 5.11 Å². The van der Waals surface area contributed by atoms with E-state index in [0.717, 1.165) is 18.5 Å². The zero-order chi connectivity index (χ0) is 13.5. The molecule has 0 spiro atoms. The van der Waals surface area contributed by atoms with Gasteiger partial charge in [-0.15, -0.1) is 0 Å². The Kier molecular flexibility index (Phi) is 6.36. The van der Waals surface area contributed by atoms with Crippen LogP contribution in [0.3, 0.4) is 0 Å². The fourth-order valence-corrected chi connectivity index (χ4v) is 2.14. The number of aliphatic hydroxyl groups excluding tert-OH is 1. The minimum atomic E-state index is -0.394. The van der Waals surface area contributed by atoms with E-state index in [1.54, 1.807) is 7.11 Å². The molecule has 0 aliphatic carbocycles. The summed E-state index contributed by atoms with van der Waals surface area (Å²) in [5, 5.41) is 14.6. The van der Waals surface area contributed by atoms with Crippen molar-refractivity contribution in [3.63, 3.8) is 0 Å². The lowest BCUT2D eigenvalue weighted by atomic mass is 10.0. The second-order valence-corrected chi connectivity index (χ2v) is 4.96. The van der Waals surface area contributed by atoms with E-state index in [-0.39, 0.29) is 5.92 Å². The first-order valence-electron chi connectivity index (χ1n) is 6.83. The number of aliphatic hydroxyl groups is 1. The molecule has 0 amide bonds. The van der Waals surface area contributed by atoms with Crippen LogP contribution in [0, 0.1) is 5.92 Å². The van der Waals surface area contributed by atoms with Gasteiger partial charge in [0.05, 0.1) is 24.4 Å². The van der Waals surface area contributed by atoms with Gasteiger partial charge < -0.3 is 9.84 Å². The smallest absolute Gasteiger partial charge is 0.0650 e. The molecule has 2 atom stereocenters. The maximum atomic E-state index is 10.0. The Morgan fingerprint density at radius 2 is 2.06 bits per heavy atom. The summed E-state index contributed by atoms with van der Waals surface area (Å²) in [6, 6.07) is 2.47. The standard InChI is InChI=1S/C14H26N2O2/c1-5-13(6-2)16-8-7-12(15-16)9-14(17)11(3)10-18-4/h7-8,11,13-14,17H,5-6,9-10H2,1-4H3. The van der Waals surface area contributed by atoms with Gasteiger partial charge in [0.1, 0.15) is 0 Å². The van der Waals surface area contributed by atoms with Gasteiger partial charge in [-0.3, -0.25) is 4.68 Å². The predicted molar refractivity (Wildman–Crippen MR) is 72.6 cm³/mol. The van der Waals surface area contributed by atoms with Gasteiger partial charge in [-0.05, 0) is 18.9 Å². The van der Waals surface area contributed by atoms with Gasteiger partial charge in [-0.1, -0.05) is 20.8 Å². The molecule has 1 rings (SSSR count). The molecule has 2 unspecified atom stereocenters. The molecule has 4 nitrogen and oxygen atoms in total. The zero-order valence-corrected chi connectivity index (χ0v) is 12.0. The van der Waals surface area contributed by atoms with Gasteiger partial charge >= 0.3 is 0 Å². The summed E-state index contributed by atoms with van der Waals surface area (Å²) in [5.41, 5.74) is 0.956. The second kappa shape index (κ2) is 7.54. The van der Waals surface area contributed by atoms with Crippen LogP contribution in [0.25, 0.3) is 0 Å². The Morgan fingerprint density at radius 1 is 1.39 bits per heavy atom. The van der Waals surface area contributed by atoms with Crippen molar-refractivity contribution in [1.82, 2.24) is 9.78 Å². The third-order valence-electron chi connectivity index (χ3n) is 3.48. The number of rotatable bonds is 8. The molecule has 1 aromatic heterocycles. The van der Waals surface area contributed by atoms with Crippen LogP contribution < -0.4 is 0 Å². The molecular formula is C14H26N2O2. The van der Waals surface area contributed by atoms with Crippen molar-refractivity contribution in [2.75, 3.05) is 13.7 Å². The first-order valence-corrected chi connectivity index (χ1v) is 6.83. The number of aromatic nitrogens is 2. The average molecular weight is 254 g/mol. The summed E-state index contributed by atoms with van der Waals surface area (Å²) < 4.78 is 7.07. The summed E-state index contributed by atoms with van der Waals surface area (Å²) in [7, 11) is 1.66. The van der Waals surface area contributed by atoms with Crippen LogP contribution in [-0.2, 0) is 11.2 Å². The Bertz CT molecular complexity index is 334. The van der Waals surface area contributed by atoms with Gasteiger partial charge in [-0.2, -0.15) is 5.10 Å². The Labute approximate surface area is 110 Å². The molecule has 1 heterocycles. The predicted octanol–water partition coefficient (Wildman–Crippen LogP) is 2.43. The van der Waals surface area contributed by atoms with Gasteiger partial charge in [0.15, 0.2) is 0 Å². The fourth-order valence-electron chi connectivity index (χ4n) is 2.14. The van der Waals surface area contributed by atoms with E-state index >= 15 is 0 Å². The highest BCUT2D eigenvalue weighted by Gasteiger charge is 2.16. The molecule has 0 fully saturated rings. The van der Waals surface area contributed by atoms with Crippen molar-refractivity contribution in [2.45, 2.75) is 52.2 Å². The lowest BCUT2D eigenvalue weighted by Crippen LogP contribution is -2.24. The van der Waals surface area contributed by atoms with Gasteiger partial charge in [-0.25, -0.2) is 0 Å². The van der Waals surface area contributed by atoms with E-state index in [4.69, 9.17) is 4.74 Å². The Morgan fingerprint density at radius 3 is 2.61 bits per heavy atom. The maximum absolute atomic E-state index is 10.0. The van der Waals surface area contributed by atoms with Gasteiger partial charge in [0, 0.05) is 25.6 Å². The Hall–Kier alpha value is -0.870. The molecule has 0 saturated carbocycles. The zero-order valence-electron chi connectivity index (χ0n) is 12.0. The molecule has 0 saturated heterocycles. The van der Waals surface area contributed by atoms with Crippen LogP contribution in [0.15, 0.2) is 12.3 Å². The van der Waals surface area contributed by atoms with E-state index < -0.39 is 6.10 Å². The normalized spacial score (nSPS) is 15.0. The van der Waals surface area contributed by atoms with Crippen molar-refractivity contribution in [3.05, 3.63) is 18.0 Å². The minimum absolute atomic E-state index is 0.133. The molecule has 4 heteroatoms. The topological polar surface area (TPSA) is 47.3 Å². The largest absolute Gasteiger partial charge is 0.392 e. The maximum Gasteiger partial charge on any atom is 0.0650 e. The van der Waals surface area contributed by atoms with Crippen molar-refractivity contribution in [3.8, 4) is 0 Å². The second-order valence-electron chi connectivity index (χ2n) is 4.96. The van der Waals surface area contributed by atoms with Gasteiger partial charge in [0.2, 0.25) is 0 Å². The minimum Gasteiger partial charge on any atom is -0.392 e. The first-order chi connectivity index (χ1) is 8.62. The number of hydrogen-bond donors (Lipinski definition) is 1. The fraction of sp³-hybridized carbons (Fsp3) is 0.786. The third kappa shape index (κ3) is 4.10. The van der Waals surface area contributed by atoms with Crippen molar-refractivity contribution in [1.29, 1.82) is 0 Å². The average Bonchev–Trinajstić information content (AvgIpc) is 2.79. The van der Waals surface area contributed by atoms with Crippen molar-refractivity contribution >= 4 is 0 Å². The van der Waals surface area contributed by atoms with E-state index in [0.29, 0.717) is 19.1 Å². The van der Waals surface area contributed by atoms with Crippen LogP contribution in [0.4, 0.5) is 0 Å². The quantitative estimate of drug-likeness (QED) is 0.775. The molecule has 1 N–H and O–H groups in total. The molecule has 0 aliphatic heterocycles. The lowest BCUT2D eigenvalue weighted by molar-refractivity contribution is 0.0568. The summed E-state index contributed by atoms with van der Waals surface area (Å²) in [6.45, 7) is 6.91. The van der Waals surface area contributed by atoms with E-state index in [2.05, 4.69) is 18.9 Å². The van der Waals surface area contributed by atoms with Crippen LogP contribution >= 0.6 is 0 Å². The lowest BCUT2D eigenvalue weighted by Gasteiger charge is -2.17. The molecule has 0 bridgehead atoms. The number of hydrogen-bond acceptors (Lipinski definition) is 3. The third-order valence-corrected chi connectivity index (χ3v) is 3.48. The van der Waals surface area contributed by atoms with Crippen LogP contribution in [0.1, 0.15) is 45.3 Å². The SMILES string of the molecule is CCC(CC)n1ccc(CC(O)C(C)COC)n1. The summed E-state index contributed by atoms with van der Waals surface area (Å²) in [6.07, 6.45) is 4.38. The molecule has 0 aliphatic rings. The van der Waals surface area contributed by atoms with Crippen LogP contribution in [0.5, 0.6) is 0 Å². The summed E-state index contributed by atoms with van der Waals surface area (Å²) >= 11 is 0. The highest BCUT2D eigenvalue weighted by Crippen LogP contribution is 2.16. The van der Waals surface area contributed by atoms with Crippen molar-refractivity contribution in [2.24, 2.45) is 5.92 Å². The molecule has 0 radical (unpaired) electrons. The van der Waals surface area contributed by atoms with Crippen LogP contribution in [-0.4, -0.2) is 34.7 Å². The molecule has 0 aromatic carbocycles. The molecule has 18 heavy (non-hydrogen) atoms. The van der Waals surface area contributed by atoms with E-state index in [1.807, 2.05) is 23.9 Å². The van der Waals surface area contributed by atoms with E-state index in [1.165, 1.54) is 0 Å². The monoisotopic (exact) mass is 254 g/mol. The Balaban J connectivity index is 2.58. The summed E-state index contributed by atoms with van der Waals surface area (Å²) in [4.78, 5) is 0. The number of ether oxygens (including phenoxy) is 1. The van der Waals surface area contributed by atoms with Crippen LogP contribution in [0.2, 0.25) is 0 Å². The number of methoxy groups -OCH3 is 1. The molecular weight excluding hydrogens is 228 g/mol. The highest BCUT2D eigenvalue weighted by atomic mass is 16.5. The van der Waals surface area contributed by atoms with Gasteiger partial charge in [0.25, 0.3) is 0 Å². The molecule has 1 aromatic rings. The summed E-state index contributed by atoms with van der Waals surface area (Å²) in [5.74, 6) is 0.133.